The number of hydrogen-bond donors (Lipinski definition) is 2. The van der Waals surface area contributed by atoms with E-state index < -0.39 is 5.41 Å². The number of thiophene rings is 1. The Morgan fingerprint density at radius 3 is 2.84 bits per heavy atom. The molecule has 0 radical (unpaired) electrons. The Kier molecular flexibility index (Phi) is 6.04. The second-order valence-electron chi connectivity index (χ2n) is 8.05. The van der Waals surface area contributed by atoms with Crippen LogP contribution in [0.3, 0.4) is 0 Å². The fraction of sp³-hybridized carbons (Fsp3) is 0.292. The van der Waals surface area contributed by atoms with Crippen LogP contribution in [0.5, 0.6) is 0 Å². The number of nitrogens with zero attached hydrogens (tertiary/aromatic N) is 2. The van der Waals surface area contributed by atoms with Crippen molar-refractivity contribution in [3.05, 3.63) is 71.4 Å². The average Bonchev–Trinajstić information content (AvgIpc) is 3.33. The van der Waals surface area contributed by atoms with Crippen LogP contribution in [0.25, 0.3) is 10.4 Å². The maximum Gasteiger partial charge on any atom is 0.255 e. The van der Waals surface area contributed by atoms with Crippen LogP contribution in [0.1, 0.15) is 28.8 Å². The minimum absolute atomic E-state index is 0.0303. The summed E-state index contributed by atoms with van der Waals surface area (Å²) in [6.07, 6.45) is 5.11. The van der Waals surface area contributed by atoms with Gasteiger partial charge in [-0.25, -0.2) is 0 Å². The number of hydrogen-bond acceptors (Lipinski definition) is 5. The minimum atomic E-state index is -0.676. The van der Waals surface area contributed by atoms with Gasteiger partial charge in [-0.05, 0) is 47.9 Å². The second-order valence-corrected chi connectivity index (χ2v) is 9.00. The van der Waals surface area contributed by atoms with E-state index in [1.54, 1.807) is 29.4 Å². The molecular weight excluding hydrogens is 408 g/mol. The van der Waals surface area contributed by atoms with Gasteiger partial charge in [-0.3, -0.25) is 14.6 Å². The molecule has 3 aromatic rings. The van der Waals surface area contributed by atoms with Gasteiger partial charge in [0.15, 0.2) is 0 Å². The van der Waals surface area contributed by atoms with Gasteiger partial charge >= 0.3 is 0 Å². The first-order valence-corrected chi connectivity index (χ1v) is 11.2. The SMILES string of the molecule is CNC(=O)[C@@]1(Cc2cccc(-c3cccs3)c2)CCCN(C(=O)c2cncc(N)c2)C1. The molecule has 3 N–H and O–H groups in total. The predicted octanol–water partition coefficient (Wildman–Crippen LogP) is 3.60. The largest absolute Gasteiger partial charge is 0.397 e. The van der Waals surface area contributed by atoms with Crippen LogP contribution in [0.2, 0.25) is 0 Å². The lowest BCUT2D eigenvalue weighted by Crippen LogP contribution is -2.54. The van der Waals surface area contributed by atoms with Gasteiger partial charge < -0.3 is 16.0 Å². The van der Waals surface area contributed by atoms with Crippen molar-refractivity contribution in [2.75, 3.05) is 25.9 Å². The molecule has 4 rings (SSSR count). The summed E-state index contributed by atoms with van der Waals surface area (Å²) in [6.45, 7) is 0.977. The fourth-order valence-corrected chi connectivity index (χ4v) is 5.13. The number of carbonyl (C=O) groups is 2. The van der Waals surface area contributed by atoms with Gasteiger partial charge in [0.1, 0.15) is 0 Å². The molecule has 0 saturated carbocycles. The predicted molar refractivity (Wildman–Crippen MR) is 124 cm³/mol. The first-order valence-electron chi connectivity index (χ1n) is 10.4. The number of carbonyl (C=O) groups excluding carboxylic acids is 2. The summed E-state index contributed by atoms with van der Waals surface area (Å²) in [4.78, 5) is 33.2. The molecule has 0 aliphatic carbocycles. The van der Waals surface area contributed by atoms with Crippen LogP contribution in [-0.4, -0.2) is 41.8 Å². The van der Waals surface area contributed by atoms with E-state index in [-0.39, 0.29) is 11.8 Å². The summed E-state index contributed by atoms with van der Waals surface area (Å²) < 4.78 is 0. The summed E-state index contributed by atoms with van der Waals surface area (Å²) in [6, 6.07) is 14.1. The molecule has 1 fully saturated rings. The smallest absolute Gasteiger partial charge is 0.255 e. The summed E-state index contributed by atoms with van der Waals surface area (Å²) in [5.41, 5.74) is 8.27. The Hall–Kier alpha value is -3.19. The lowest BCUT2D eigenvalue weighted by Gasteiger charge is -2.41. The van der Waals surface area contributed by atoms with E-state index in [0.717, 1.165) is 24.0 Å². The highest BCUT2D eigenvalue weighted by Crippen LogP contribution is 2.36. The summed E-state index contributed by atoms with van der Waals surface area (Å²) in [5, 5.41) is 4.90. The molecule has 7 heteroatoms. The zero-order valence-corrected chi connectivity index (χ0v) is 18.3. The highest BCUT2D eigenvalue weighted by Gasteiger charge is 2.43. The molecule has 6 nitrogen and oxygen atoms in total. The van der Waals surface area contributed by atoms with Gasteiger partial charge in [-0.2, -0.15) is 0 Å². The maximum atomic E-state index is 13.1. The zero-order chi connectivity index (χ0) is 21.8. The van der Waals surface area contributed by atoms with Crippen molar-refractivity contribution in [2.24, 2.45) is 5.41 Å². The number of benzene rings is 1. The van der Waals surface area contributed by atoms with E-state index in [1.165, 1.54) is 17.3 Å². The number of piperidine rings is 1. The van der Waals surface area contributed by atoms with E-state index in [4.69, 9.17) is 5.73 Å². The molecule has 160 valence electrons. The standard InChI is InChI=1S/C24H26N4O2S/c1-26-23(30)24(13-17-5-2-6-18(11-17)21-7-3-10-31-21)8-4-9-28(16-24)22(29)19-12-20(25)15-27-14-19/h2-3,5-7,10-12,14-15H,4,8-9,13,16,25H2,1H3,(H,26,30)/t24-/m1/s1. The Bertz CT molecular complexity index is 1080. The summed E-state index contributed by atoms with van der Waals surface area (Å²) >= 11 is 1.70. The number of amides is 2. The molecule has 0 unspecified atom stereocenters. The zero-order valence-electron chi connectivity index (χ0n) is 17.5. The molecule has 2 aromatic heterocycles. The summed E-state index contributed by atoms with van der Waals surface area (Å²) in [5.74, 6) is -0.169. The number of nitrogen functional groups attached to an aromatic ring is 1. The van der Waals surface area contributed by atoms with Crippen molar-refractivity contribution in [1.82, 2.24) is 15.2 Å². The number of nitrogens with two attached hydrogens (primary N) is 1. The number of pyridine rings is 1. The molecule has 2 amide bonds. The van der Waals surface area contributed by atoms with Crippen molar-refractivity contribution in [1.29, 1.82) is 0 Å². The first-order chi connectivity index (χ1) is 15.0. The number of nitrogens with one attached hydrogen (secondary N) is 1. The Balaban J connectivity index is 1.61. The van der Waals surface area contributed by atoms with Gasteiger partial charge in [0.25, 0.3) is 5.91 Å². The molecule has 1 saturated heterocycles. The molecule has 1 aliphatic heterocycles. The van der Waals surface area contributed by atoms with Crippen LogP contribution in [0.4, 0.5) is 5.69 Å². The van der Waals surface area contributed by atoms with Gasteiger partial charge in [-0.1, -0.05) is 30.3 Å². The minimum Gasteiger partial charge on any atom is -0.397 e. The second kappa shape index (κ2) is 8.89. The van der Waals surface area contributed by atoms with E-state index in [1.807, 2.05) is 12.1 Å². The lowest BCUT2D eigenvalue weighted by atomic mass is 9.74. The van der Waals surface area contributed by atoms with Crippen molar-refractivity contribution in [3.63, 3.8) is 0 Å². The van der Waals surface area contributed by atoms with Gasteiger partial charge in [-0.15, -0.1) is 11.3 Å². The van der Waals surface area contributed by atoms with Crippen molar-refractivity contribution >= 4 is 28.8 Å². The third-order valence-electron chi connectivity index (χ3n) is 5.85. The number of likely N-dealkylation sites (tertiary alicyclic amines) is 1. The van der Waals surface area contributed by atoms with Gasteiger partial charge in [0.05, 0.1) is 16.7 Å². The summed E-state index contributed by atoms with van der Waals surface area (Å²) in [7, 11) is 1.66. The number of anilines is 1. The van der Waals surface area contributed by atoms with Gasteiger partial charge in [0.2, 0.25) is 5.91 Å². The maximum absolute atomic E-state index is 13.1. The molecule has 0 spiro atoms. The Labute approximate surface area is 186 Å². The van der Waals surface area contributed by atoms with Crippen molar-refractivity contribution in [2.45, 2.75) is 19.3 Å². The van der Waals surface area contributed by atoms with E-state index in [2.05, 4.69) is 39.9 Å². The van der Waals surface area contributed by atoms with E-state index in [0.29, 0.717) is 30.8 Å². The molecule has 31 heavy (non-hydrogen) atoms. The third kappa shape index (κ3) is 4.46. The number of rotatable bonds is 5. The molecule has 1 aliphatic rings. The number of aromatic nitrogens is 1. The highest BCUT2D eigenvalue weighted by atomic mass is 32.1. The Morgan fingerprint density at radius 1 is 1.23 bits per heavy atom. The molecular formula is C24H26N4O2S. The van der Waals surface area contributed by atoms with Crippen LogP contribution < -0.4 is 11.1 Å². The van der Waals surface area contributed by atoms with E-state index >= 15 is 0 Å². The Morgan fingerprint density at radius 2 is 2.10 bits per heavy atom. The first kappa shape index (κ1) is 21.1. The molecule has 1 atom stereocenters. The molecule has 1 aromatic carbocycles. The molecule has 0 bridgehead atoms. The average molecular weight is 435 g/mol. The quantitative estimate of drug-likeness (QED) is 0.642. The molecule has 3 heterocycles. The highest BCUT2D eigenvalue weighted by molar-refractivity contribution is 7.13. The van der Waals surface area contributed by atoms with Crippen LogP contribution in [0, 0.1) is 5.41 Å². The van der Waals surface area contributed by atoms with Crippen LogP contribution in [0.15, 0.2) is 60.2 Å². The normalized spacial score (nSPS) is 18.5. The van der Waals surface area contributed by atoms with Gasteiger partial charge in [0, 0.05) is 37.4 Å². The topological polar surface area (TPSA) is 88.3 Å². The monoisotopic (exact) mass is 434 g/mol. The fourth-order valence-electron chi connectivity index (χ4n) is 4.41. The lowest BCUT2D eigenvalue weighted by molar-refractivity contribution is -0.133. The van der Waals surface area contributed by atoms with Crippen molar-refractivity contribution < 1.29 is 9.59 Å². The van der Waals surface area contributed by atoms with Crippen LogP contribution in [-0.2, 0) is 11.2 Å². The third-order valence-corrected chi connectivity index (χ3v) is 6.77. The van der Waals surface area contributed by atoms with Crippen molar-refractivity contribution in [3.8, 4) is 10.4 Å². The van der Waals surface area contributed by atoms with Crippen LogP contribution >= 0.6 is 11.3 Å². The van der Waals surface area contributed by atoms with E-state index in [9.17, 15) is 9.59 Å².